The van der Waals surface area contributed by atoms with Gasteiger partial charge in [-0.1, -0.05) is 34.6 Å². The third kappa shape index (κ3) is 4.45. The highest BCUT2D eigenvalue weighted by Gasteiger charge is 2.27. The molecule has 1 saturated carbocycles. The Balaban J connectivity index is 2.32. The fourth-order valence-corrected chi connectivity index (χ4v) is 3.18. The molecule has 0 radical (unpaired) electrons. The number of aliphatic hydroxyl groups is 1. The van der Waals surface area contributed by atoms with Gasteiger partial charge in [-0.25, -0.2) is 0 Å². The van der Waals surface area contributed by atoms with Gasteiger partial charge < -0.3 is 5.11 Å². The van der Waals surface area contributed by atoms with Gasteiger partial charge in [-0.15, -0.1) is 0 Å². The van der Waals surface area contributed by atoms with E-state index in [0.717, 1.165) is 24.2 Å². The number of aliphatic hydroxyl groups excluding tert-OH is 1. The van der Waals surface area contributed by atoms with Crippen molar-refractivity contribution in [1.82, 2.24) is 0 Å². The van der Waals surface area contributed by atoms with Gasteiger partial charge in [0, 0.05) is 0 Å². The first-order valence-corrected chi connectivity index (χ1v) is 6.97. The zero-order chi connectivity index (χ0) is 12.3. The van der Waals surface area contributed by atoms with E-state index in [1.807, 2.05) is 0 Å². The molecule has 0 aliphatic heterocycles. The molecule has 16 heavy (non-hydrogen) atoms. The standard InChI is InChI=1S/C15H30O/c1-11-8-12(2)10-13(9-11)6-7-14(16)15(3,4)5/h11-14,16H,6-10H2,1-5H3. The van der Waals surface area contributed by atoms with Crippen molar-refractivity contribution in [2.45, 2.75) is 72.8 Å². The maximum absolute atomic E-state index is 10.0. The molecule has 1 N–H and O–H groups in total. The Bertz CT molecular complexity index is 194. The summed E-state index contributed by atoms with van der Waals surface area (Å²) in [5, 5.41) is 10.0. The van der Waals surface area contributed by atoms with Crippen LogP contribution in [0, 0.1) is 23.2 Å². The Morgan fingerprint density at radius 1 is 1.06 bits per heavy atom. The highest BCUT2D eigenvalue weighted by atomic mass is 16.3. The van der Waals surface area contributed by atoms with E-state index >= 15 is 0 Å². The second-order valence-electron chi connectivity index (χ2n) is 7.24. The predicted octanol–water partition coefficient (Wildman–Crippen LogP) is 4.25. The number of rotatable bonds is 3. The minimum Gasteiger partial charge on any atom is -0.393 e. The summed E-state index contributed by atoms with van der Waals surface area (Å²) in [5.74, 6) is 2.64. The van der Waals surface area contributed by atoms with Gasteiger partial charge in [0.1, 0.15) is 0 Å². The fourth-order valence-electron chi connectivity index (χ4n) is 3.18. The van der Waals surface area contributed by atoms with Gasteiger partial charge in [-0.2, -0.15) is 0 Å². The van der Waals surface area contributed by atoms with Crippen LogP contribution >= 0.6 is 0 Å². The van der Waals surface area contributed by atoms with Crippen LogP contribution < -0.4 is 0 Å². The smallest absolute Gasteiger partial charge is 0.0588 e. The fraction of sp³-hybridized carbons (Fsp3) is 1.00. The maximum Gasteiger partial charge on any atom is 0.0588 e. The van der Waals surface area contributed by atoms with Gasteiger partial charge in [0.05, 0.1) is 6.10 Å². The molecular weight excluding hydrogens is 196 g/mol. The van der Waals surface area contributed by atoms with Crippen LogP contribution in [-0.4, -0.2) is 11.2 Å². The summed E-state index contributed by atoms with van der Waals surface area (Å²) in [4.78, 5) is 0. The van der Waals surface area contributed by atoms with E-state index in [0.29, 0.717) is 0 Å². The molecule has 0 aromatic carbocycles. The van der Waals surface area contributed by atoms with E-state index in [-0.39, 0.29) is 11.5 Å². The lowest BCUT2D eigenvalue weighted by Gasteiger charge is -2.33. The first kappa shape index (κ1) is 14.0. The molecule has 1 aliphatic rings. The van der Waals surface area contributed by atoms with Gasteiger partial charge in [-0.3, -0.25) is 0 Å². The molecule has 96 valence electrons. The van der Waals surface area contributed by atoms with Crippen LogP contribution in [0.4, 0.5) is 0 Å². The van der Waals surface area contributed by atoms with Crippen LogP contribution in [-0.2, 0) is 0 Å². The Morgan fingerprint density at radius 3 is 2.00 bits per heavy atom. The van der Waals surface area contributed by atoms with Crippen LogP contribution in [0.15, 0.2) is 0 Å². The van der Waals surface area contributed by atoms with Crippen LogP contribution in [0.25, 0.3) is 0 Å². The van der Waals surface area contributed by atoms with Gasteiger partial charge >= 0.3 is 0 Å². The normalized spacial score (nSPS) is 33.8. The average molecular weight is 226 g/mol. The lowest BCUT2D eigenvalue weighted by atomic mass is 9.74. The molecule has 0 aromatic rings. The molecule has 1 heteroatoms. The Kier molecular flexibility index (Phi) is 4.85. The summed E-state index contributed by atoms with van der Waals surface area (Å²) in [6.45, 7) is 11.1. The summed E-state index contributed by atoms with van der Waals surface area (Å²) >= 11 is 0. The van der Waals surface area contributed by atoms with Crippen LogP contribution in [0.2, 0.25) is 0 Å². The van der Waals surface area contributed by atoms with Crippen molar-refractivity contribution in [3.8, 4) is 0 Å². The molecule has 1 rings (SSSR count). The lowest BCUT2D eigenvalue weighted by Crippen LogP contribution is -2.27. The van der Waals surface area contributed by atoms with Crippen LogP contribution in [0.1, 0.15) is 66.7 Å². The molecule has 1 fully saturated rings. The lowest BCUT2D eigenvalue weighted by molar-refractivity contribution is 0.0453. The molecule has 0 saturated heterocycles. The van der Waals surface area contributed by atoms with E-state index < -0.39 is 0 Å². The van der Waals surface area contributed by atoms with Crippen LogP contribution in [0.3, 0.4) is 0 Å². The largest absolute Gasteiger partial charge is 0.393 e. The van der Waals surface area contributed by atoms with E-state index in [1.165, 1.54) is 25.7 Å². The predicted molar refractivity (Wildman–Crippen MR) is 70.4 cm³/mol. The van der Waals surface area contributed by atoms with Gasteiger partial charge in [0.2, 0.25) is 0 Å². The minimum atomic E-state index is -0.139. The van der Waals surface area contributed by atoms with Crippen molar-refractivity contribution < 1.29 is 5.11 Å². The summed E-state index contributed by atoms with van der Waals surface area (Å²) in [7, 11) is 0. The van der Waals surface area contributed by atoms with Crippen molar-refractivity contribution in [2.75, 3.05) is 0 Å². The molecular formula is C15H30O. The topological polar surface area (TPSA) is 20.2 Å². The first-order chi connectivity index (χ1) is 7.29. The highest BCUT2D eigenvalue weighted by molar-refractivity contribution is 4.78. The average Bonchev–Trinajstić information content (AvgIpc) is 2.11. The van der Waals surface area contributed by atoms with E-state index in [4.69, 9.17) is 0 Å². The third-order valence-corrected chi connectivity index (χ3v) is 4.12. The molecule has 0 aromatic heterocycles. The molecule has 0 bridgehead atoms. The molecule has 1 nitrogen and oxygen atoms in total. The SMILES string of the molecule is CC1CC(C)CC(CCC(O)C(C)(C)C)C1. The minimum absolute atomic E-state index is 0.0475. The molecule has 3 unspecified atom stereocenters. The van der Waals surface area contributed by atoms with E-state index in [2.05, 4.69) is 34.6 Å². The number of hydrogen-bond donors (Lipinski definition) is 1. The molecule has 0 spiro atoms. The third-order valence-electron chi connectivity index (χ3n) is 4.12. The maximum atomic E-state index is 10.0. The zero-order valence-electron chi connectivity index (χ0n) is 11.8. The van der Waals surface area contributed by atoms with Gasteiger partial charge in [-0.05, 0) is 55.3 Å². The highest BCUT2D eigenvalue weighted by Crippen LogP contribution is 2.36. The van der Waals surface area contributed by atoms with Crippen LogP contribution in [0.5, 0.6) is 0 Å². The first-order valence-electron chi connectivity index (χ1n) is 6.97. The molecule has 0 amide bonds. The summed E-state index contributed by atoms with van der Waals surface area (Å²) < 4.78 is 0. The Morgan fingerprint density at radius 2 is 1.56 bits per heavy atom. The second kappa shape index (κ2) is 5.53. The summed E-state index contributed by atoms with van der Waals surface area (Å²) in [5.41, 5.74) is 0.0475. The Hall–Kier alpha value is -0.0400. The van der Waals surface area contributed by atoms with E-state index in [9.17, 15) is 5.11 Å². The van der Waals surface area contributed by atoms with Crippen molar-refractivity contribution in [3.05, 3.63) is 0 Å². The quantitative estimate of drug-likeness (QED) is 0.763. The second-order valence-corrected chi connectivity index (χ2v) is 7.24. The Labute approximate surface area is 102 Å². The van der Waals surface area contributed by atoms with Crippen molar-refractivity contribution >= 4 is 0 Å². The zero-order valence-corrected chi connectivity index (χ0v) is 11.8. The van der Waals surface area contributed by atoms with Gasteiger partial charge in [0.25, 0.3) is 0 Å². The van der Waals surface area contributed by atoms with Crippen molar-refractivity contribution in [1.29, 1.82) is 0 Å². The molecule has 0 heterocycles. The summed E-state index contributed by atoms with van der Waals surface area (Å²) in [6.07, 6.45) is 6.21. The van der Waals surface area contributed by atoms with Crippen molar-refractivity contribution in [2.24, 2.45) is 23.2 Å². The van der Waals surface area contributed by atoms with Gasteiger partial charge in [0.15, 0.2) is 0 Å². The monoisotopic (exact) mass is 226 g/mol. The van der Waals surface area contributed by atoms with Crippen molar-refractivity contribution in [3.63, 3.8) is 0 Å². The van der Waals surface area contributed by atoms with E-state index in [1.54, 1.807) is 0 Å². The summed E-state index contributed by atoms with van der Waals surface area (Å²) in [6, 6.07) is 0. The number of hydrogen-bond acceptors (Lipinski definition) is 1. The molecule has 3 atom stereocenters. The molecule has 1 aliphatic carbocycles.